The van der Waals surface area contributed by atoms with Gasteiger partial charge in [-0.05, 0) is 32.9 Å². The van der Waals surface area contributed by atoms with Crippen LogP contribution in [0.3, 0.4) is 0 Å². The molecule has 2 rings (SSSR count). The van der Waals surface area contributed by atoms with Crippen molar-refractivity contribution in [2.24, 2.45) is 0 Å². The normalized spacial score (nSPS) is 23.0. The molecule has 0 aliphatic carbocycles. The fourth-order valence-electron chi connectivity index (χ4n) is 2.01. The number of rotatable bonds is 5. The average molecular weight is 348 g/mol. The Bertz CT molecular complexity index is 650. The van der Waals surface area contributed by atoms with Gasteiger partial charge in [-0.2, -0.15) is 8.42 Å². The first kappa shape index (κ1) is 18.3. The Morgan fingerprint density at radius 3 is 2.35 bits per heavy atom. The third kappa shape index (κ3) is 4.07. The molecule has 1 aliphatic heterocycles. The largest absolute Gasteiger partial charge is 0.363 e. The van der Waals surface area contributed by atoms with Gasteiger partial charge in [0.05, 0.1) is 11.5 Å². The Hall–Kier alpha value is -1.07. The standard InChI is InChI=1S/C14H20O8S/c1-9-4-6-10(7-5-9)23(18,19)22-12(15)14(16,17)11-8-20-13(2,3)21-11/h4-7,11-12,15-17H,8H2,1-3H3/t11-,12-/m1/s1. The molecule has 1 aromatic carbocycles. The average Bonchev–Trinajstić information content (AvgIpc) is 2.79. The van der Waals surface area contributed by atoms with Gasteiger partial charge in [-0.25, -0.2) is 4.18 Å². The van der Waals surface area contributed by atoms with Gasteiger partial charge in [0.1, 0.15) is 6.10 Å². The molecule has 0 radical (unpaired) electrons. The third-order valence-corrected chi connectivity index (χ3v) is 4.66. The van der Waals surface area contributed by atoms with Crippen LogP contribution in [0.5, 0.6) is 0 Å². The zero-order chi connectivity index (χ0) is 17.5. The molecular weight excluding hydrogens is 328 g/mol. The van der Waals surface area contributed by atoms with Crippen molar-refractivity contribution in [1.82, 2.24) is 0 Å². The molecule has 0 saturated carbocycles. The first-order valence-corrected chi connectivity index (χ1v) is 8.29. The molecular formula is C14H20O8S. The summed E-state index contributed by atoms with van der Waals surface area (Å²) in [4.78, 5) is -0.220. The lowest BCUT2D eigenvalue weighted by molar-refractivity contribution is -0.323. The minimum absolute atomic E-state index is 0.220. The molecule has 3 N–H and O–H groups in total. The second-order valence-electron chi connectivity index (χ2n) is 5.82. The molecule has 1 aromatic rings. The van der Waals surface area contributed by atoms with Crippen molar-refractivity contribution >= 4 is 10.1 Å². The van der Waals surface area contributed by atoms with E-state index in [0.29, 0.717) is 0 Å². The molecule has 23 heavy (non-hydrogen) atoms. The lowest BCUT2D eigenvalue weighted by Gasteiger charge is -2.31. The first-order chi connectivity index (χ1) is 10.4. The van der Waals surface area contributed by atoms with Crippen molar-refractivity contribution in [3.63, 3.8) is 0 Å². The van der Waals surface area contributed by atoms with Gasteiger partial charge in [0.25, 0.3) is 10.1 Å². The SMILES string of the molecule is Cc1ccc(S(=O)(=O)O[C@@H](O)C(O)(O)[C@H]2COC(C)(C)O2)cc1. The highest BCUT2D eigenvalue weighted by Gasteiger charge is 2.51. The number of aliphatic hydroxyl groups is 3. The molecule has 0 unspecified atom stereocenters. The van der Waals surface area contributed by atoms with E-state index in [2.05, 4.69) is 4.18 Å². The van der Waals surface area contributed by atoms with E-state index in [0.717, 1.165) is 5.56 Å². The molecule has 1 heterocycles. The molecule has 1 fully saturated rings. The molecule has 1 saturated heterocycles. The summed E-state index contributed by atoms with van der Waals surface area (Å²) in [6.07, 6.45) is -3.82. The molecule has 1 aliphatic rings. The van der Waals surface area contributed by atoms with Crippen LogP contribution in [-0.4, -0.2) is 54.3 Å². The van der Waals surface area contributed by atoms with Crippen LogP contribution < -0.4 is 0 Å². The topological polar surface area (TPSA) is 123 Å². The van der Waals surface area contributed by atoms with Gasteiger partial charge >= 0.3 is 0 Å². The van der Waals surface area contributed by atoms with E-state index in [9.17, 15) is 23.7 Å². The van der Waals surface area contributed by atoms with E-state index in [4.69, 9.17) is 9.47 Å². The van der Waals surface area contributed by atoms with Crippen LogP contribution in [0, 0.1) is 6.92 Å². The summed E-state index contributed by atoms with van der Waals surface area (Å²) in [5, 5.41) is 29.8. The van der Waals surface area contributed by atoms with Gasteiger partial charge in [-0.1, -0.05) is 17.7 Å². The Kier molecular flexibility index (Phi) is 4.84. The molecule has 130 valence electrons. The van der Waals surface area contributed by atoms with Gasteiger partial charge in [-0.3, -0.25) is 0 Å². The highest BCUT2D eigenvalue weighted by molar-refractivity contribution is 7.86. The van der Waals surface area contributed by atoms with E-state index >= 15 is 0 Å². The third-order valence-electron chi connectivity index (χ3n) is 3.37. The maximum Gasteiger partial charge on any atom is 0.299 e. The maximum atomic E-state index is 12.1. The molecule has 8 nitrogen and oxygen atoms in total. The zero-order valence-electron chi connectivity index (χ0n) is 13.0. The van der Waals surface area contributed by atoms with Crippen molar-refractivity contribution < 1.29 is 37.4 Å². The lowest BCUT2D eigenvalue weighted by atomic mass is 10.1. The van der Waals surface area contributed by atoms with Crippen molar-refractivity contribution in [3.8, 4) is 0 Å². The second kappa shape index (κ2) is 6.10. The predicted molar refractivity (Wildman–Crippen MR) is 77.5 cm³/mol. The zero-order valence-corrected chi connectivity index (χ0v) is 13.8. The van der Waals surface area contributed by atoms with Crippen LogP contribution >= 0.6 is 0 Å². The summed E-state index contributed by atoms with van der Waals surface area (Å²) in [5.74, 6) is -4.05. The number of ether oxygens (including phenoxy) is 2. The van der Waals surface area contributed by atoms with Crippen LogP contribution in [0.1, 0.15) is 19.4 Å². The Morgan fingerprint density at radius 1 is 1.30 bits per heavy atom. The number of hydrogen-bond acceptors (Lipinski definition) is 8. The summed E-state index contributed by atoms with van der Waals surface area (Å²) in [5.41, 5.74) is 0.835. The molecule has 0 aromatic heterocycles. The molecule has 9 heteroatoms. The van der Waals surface area contributed by atoms with Crippen LogP contribution in [0.4, 0.5) is 0 Å². The maximum absolute atomic E-state index is 12.1. The minimum atomic E-state index is -4.38. The van der Waals surface area contributed by atoms with Crippen LogP contribution in [0.15, 0.2) is 29.2 Å². The number of benzene rings is 1. The van der Waals surface area contributed by atoms with Crippen molar-refractivity contribution in [3.05, 3.63) is 29.8 Å². The van der Waals surface area contributed by atoms with Crippen molar-refractivity contribution in [1.29, 1.82) is 0 Å². The smallest absolute Gasteiger partial charge is 0.299 e. The Labute approximate surface area is 134 Å². The molecule has 0 bridgehead atoms. The van der Waals surface area contributed by atoms with Gasteiger partial charge < -0.3 is 24.8 Å². The van der Waals surface area contributed by atoms with Crippen molar-refractivity contribution in [2.45, 2.75) is 49.6 Å². The van der Waals surface area contributed by atoms with E-state index in [1.807, 2.05) is 0 Å². The number of hydrogen-bond donors (Lipinski definition) is 3. The number of aryl methyl sites for hydroxylation is 1. The van der Waals surface area contributed by atoms with Crippen LogP contribution in [-0.2, 0) is 23.8 Å². The van der Waals surface area contributed by atoms with Gasteiger partial charge in [0, 0.05) is 0 Å². The molecule has 0 spiro atoms. The van der Waals surface area contributed by atoms with E-state index in [1.54, 1.807) is 32.9 Å². The molecule has 2 atom stereocenters. The lowest BCUT2D eigenvalue weighted by Crippen LogP contribution is -2.55. The fraction of sp³-hybridized carbons (Fsp3) is 0.571. The van der Waals surface area contributed by atoms with E-state index < -0.39 is 34.1 Å². The number of aliphatic hydroxyl groups excluding tert-OH is 1. The summed E-state index contributed by atoms with van der Waals surface area (Å²) in [6, 6.07) is 5.66. The predicted octanol–water partition coefficient (Wildman–Crippen LogP) is -0.149. The monoisotopic (exact) mass is 348 g/mol. The van der Waals surface area contributed by atoms with Crippen molar-refractivity contribution in [2.75, 3.05) is 6.61 Å². The summed E-state index contributed by atoms with van der Waals surface area (Å²) in [6.45, 7) is 4.61. The van der Waals surface area contributed by atoms with Crippen LogP contribution in [0.2, 0.25) is 0 Å². The van der Waals surface area contributed by atoms with E-state index in [1.165, 1.54) is 12.1 Å². The second-order valence-corrected chi connectivity index (χ2v) is 7.39. The minimum Gasteiger partial charge on any atom is -0.363 e. The first-order valence-electron chi connectivity index (χ1n) is 6.88. The summed E-state index contributed by atoms with van der Waals surface area (Å²) in [7, 11) is -4.38. The summed E-state index contributed by atoms with van der Waals surface area (Å²) < 4.78 is 39.0. The van der Waals surface area contributed by atoms with Crippen LogP contribution in [0.25, 0.3) is 0 Å². The van der Waals surface area contributed by atoms with Gasteiger partial charge in [-0.15, -0.1) is 0 Å². The Morgan fingerprint density at radius 2 is 1.87 bits per heavy atom. The Balaban J connectivity index is 2.13. The molecule has 0 amide bonds. The van der Waals surface area contributed by atoms with Gasteiger partial charge in [0.15, 0.2) is 5.79 Å². The van der Waals surface area contributed by atoms with Gasteiger partial charge in [0.2, 0.25) is 12.1 Å². The fourth-order valence-corrected chi connectivity index (χ4v) is 2.97. The highest BCUT2D eigenvalue weighted by atomic mass is 32.2. The highest BCUT2D eigenvalue weighted by Crippen LogP contribution is 2.31. The van der Waals surface area contributed by atoms with E-state index in [-0.39, 0.29) is 11.5 Å². The quantitative estimate of drug-likeness (QED) is 0.496. The summed E-state index contributed by atoms with van der Waals surface area (Å²) >= 11 is 0.